The van der Waals surface area contributed by atoms with Crippen LogP contribution in [0.2, 0.25) is 5.15 Å². The molecule has 11 heteroatoms. The summed E-state index contributed by atoms with van der Waals surface area (Å²) in [6, 6.07) is 14.0. The normalized spacial score (nSPS) is 12.2. The van der Waals surface area contributed by atoms with Crippen LogP contribution in [0.3, 0.4) is 0 Å². The number of hydrogen-bond donors (Lipinski definition) is 1. The number of anilines is 1. The van der Waals surface area contributed by atoms with Crippen LogP contribution < -0.4 is 4.72 Å². The molecule has 0 radical (unpaired) electrons. The van der Waals surface area contributed by atoms with Gasteiger partial charge in [-0.1, -0.05) is 47.0 Å². The Labute approximate surface area is 184 Å². The van der Waals surface area contributed by atoms with Crippen molar-refractivity contribution in [3.63, 3.8) is 0 Å². The first-order valence-corrected chi connectivity index (χ1v) is 12.3. The summed E-state index contributed by atoms with van der Waals surface area (Å²) in [5, 5.41) is 0.195. The first-order valence-electron chi connectivity index (χ1n) is 9.04. The van der Waals surface area contributed by atoms with E-state index in [1.54, 1.807) is 24.3 Å². The SMILES string of the molecule is Cc1ccc(S(=O)(=O)Nc2nc(Cl)c3ccn(S(=O)(=O)c4ccc(C)cc4)c3n2)cc1. The lowest BCUT2D eigenvalue weighted by molar-refractivity contribution is 0.588. The van der Waals surface area contributed by atoms with Gasteiger partial charge < -0.3 is 0 Å². The summed E-state index contributed by atoms with van der Waals surface area (Å²) in [4.78, 5) is 8.17. The van der Waals surface area contributed by atoms with Crippen molar-refractivity contribution in [1.82, 2.24) is 13.9 Å². The highest BCUT2D eigenvalue weighted by Gasteiger charge is 2.23. The maximum atomic E-state index is 13.1. The molecule has 0 saturated carbocycles. The van der Waals surface area contributed by atoms with Gasteiger partial charge in [0.15, 0.2) is 5.65 Å². The maximum absolute atomic E-state index is 13.1. The first kappa shape index (κ1) is 21.3. The van der Waals surface area contributed by atoms with Crippen LogP contribution in [0.4, 0.5) is 5.95 Å². The Kier molecular flexibility index (Phi) is 5.24. The minimum Gasteiger partial charge on any atom is -0.247 e. The molecule has 0 bridgehead atoms. The molecule has 2 heterocycles. The van der Waals surface area contributed by atoms with Gasteiger partial charge in [0.1, 0.15) is 5.15 Å². The number of aryl methyl sites for hydroxylation is 2. The minimum absolute atomic E-state index is 0.0144. The maximum Gasteiger partial charge on any atom is 0.269 e. The Hall–Kier alpha value is -2.95. The van der Waals surface area contributed by atoms with Crippen molar-refractivity contribution in [2.75, 3.05) is 4.72 Å². The number of sulfonamides is 1. The van der Waals surface area contributed by atoms with E-state index in [4.69, 9.17) is 11.6 Å². The topological polar surface area (TPSA) is 111 Å². The third-order valence-corrected chi connectivity index (χ3v) is 7.91. The van der Waals surface area contributed by atoms with E-state index < -0.39 is 20.0 Å². The Morgan fingerprint density at radius 2 is 1.35 bits per heavy atom. The van der Waals surface area contributed by atoms with Gasteiger partial charge >= 0.3 is 0 Å². The van der Waals surface area contributed by atoms with Crippen LogP contribution in [0.5, 0.6) is 0 Å². The molecule has 31 heavy (non-hydrogen) atoms. The van der Waals surface area contributed by atoms with Crippen LogP contribution in [0.25, 0.3) is 11.0 Å². The zero-order valence-electron chi connectivity index (χ0n) is 16.4. The predicted octanol–water partition coefficient (Wildman–Crippen LogP) is 3.74. The summed E-state index contributed by atoms with van der Waals surface area (Å²) in [7, 11) is -7.98. The fourth-order valence-corrected chi connectivity index (χ4v) is 5.38. The summed E-state index contributed by atoms with van der Waals surface area (Å²) >= 11 is 6.19. The Morgan fingerprint density at radius 3 is 1.94 bits per heavy atom. The number of aromatic nitrogens is 3. The molecule has 0 spiro atoms. The number of nitrogens with zero attached hydrogens (tertiary/aromatic N) is 3. The smallest absolute Gasteiger partial charge is 0.247 e. The summed E-state index contributed by atoms with van der Waals surface area (Å²) < 4.78 is 54.8. The highest BCUT2D eigenvalue weighted by atomic mass is 35.5. The Bertz CT molecular complexity index is 1500. The number of benzene rings is 2. The minimum atomic E-state index is -4.00. The molecule has 1 N–H and O–H groups in total. The molecule has 0 aliphatic carbocycles. The largest absolute Gasteiger partial charge is 0.269 e. The second-order valence-corrected chi connectivity index (χ2v) is 10.8. The van der Waals surface area contributed by atoms with Gasteiger partial charge in [0.25, 0.3) is 20.0 Å². The van der Waals surface area contributed by atoms with Gasteiger partial charge in [-0.2, -0.15) is 9.97 Å². The molecule has 0 fully saturated rings. The van der Waals surface area contributed by atoms with Gasteiger partial charge in [-0.25, -0.2) is 25.5 Å². The van der Waals surface area contributed by atoms with Gasteiger partial charge in [0.05, 0.1) is 15.2 Å². The molecule has 2 aromatic heterocycles. The van der Waals surface area contributed by atoms with Gasteiger partial charge in [0.2, 0.25) is 5.95 Å². The molecule has 0 aliphatic rings. The van der Waals surface area contributed by atoms with E-state index in [-0.39, 0.29) is 31.9 Å². The zero-order valence-corrected chi connectivity index (χ0v) is 18.8. The van der Waals surface area contributed by atoms with Crippen LogP contribution in [-0.2, 0) is 20.0 Å². The first-order chi connectivity index (χ1) is 14.6. The van der Waals surface area contributed by atoms with E-state index in [1.165, 1.54) is 36.5 Å². The van der Waals surface area contributed by atoms with Crippen molar-refractivity contribution >= 4 is 48.6 Å². The molecule has 0 amide bonds. The molecule has 0 saturated heterocycles. The molecule has 0 atom stereocenters. The number of fused-ring (bicyclic) bond motifs is 1. The van der Waals surface area contributed by atoms with Crippen LogP contribution in [-0.4, -0.2) is 30.8 Å². The van der Waals surface area contributed by atoms with Crippen molar-refractivity contribution in [2.45, 2.75) is 23.6 Å². The van der Waals surface area contributed by atoms with Crippen molar-refractivity contribution in [3.8, 4) is 0 Å². The quantitative estimate of drug-likeness (QED) is 0.439. The average Bonchev–Trinajstić information content (AvgIpc) is 3.13. The molecule has 2 aromatic carbocycles. The zero-order chi connectivity index (χ0) is 22.4. The van der Waals surface area contributed by atoms with E-state index in [1.807, 2.05) is 13.8 Å². The lowest BCUT2D eigenvalue weighted by atomic mass is 10.2. The lowest BCUT2D eigenvalue weighted by Crippen LogP contribution is -2.16. The number of rotatable bonds is 5. The fraction of sp³-hybridized carbons (Fsp3) is 0.100. The van der Waals surface area contributed by atoms with E-state index >= 15 is 0 Å². The summed E-state index contributed by atoms with van der Waals surface area (Å²) in [6.45, 7) is 3.68. The monoisotopic (exact) mass is 476 g/mol. The van der Waals surface area contributed by atoms with Crippen LogP contribution in [0.15, 0.2) is 70.6 Å². The molecule has 160 valence electrons. The van der Waals surface area contributed by atoms with Gasteiger partial charge in [-0.3, -0.25) is 0 Å². The summed E-state index contributed by atoms with van der Waals surface area (Å²) in [5.41, 5.74) is 1.77. The number of nitrogens with one attached hydrogen (secondary N) is 1. The fourth-order valence-electron chi connectivity index (χ4n) is 2.92. The van der Waals surface area contributed by atoms with Crippen molar-refractivity contribution in [3.05, 3.63) is 77.1 Å². The second-order valence-electron chi connectivity index (χ2n) is 6.92. The molecular formula is C20H17ClN4O4S2. The van der Waals surface area contributed by atoms with Gasteiger partial charge in [0, 0.05) is 6.20 Å². The molecule has 0 unspecified atom stereocenters. The summed E-state index contributed by atoms with van der Waals surface area (Å²) in [6.07, 6.45) is 1.30. The Morgan fingerprint density at radius 1 is 0.806 bits per heavy atom. The van der Waals surface area contributed by atoms with E-state index in [0.29, 0.717) is 0 Å². The van der Waals surface area contributed by atoms with Crippen molar-refractivity contribution < 1.29 is 16.8 Å². The molecule has 8 nitrogen and oxygen atoms in total. The van der Waals surface area contributed by atoms with Gasteiger partial charge in [-0.05, 0) is 44.2 Å². The van der Waals surface area contributed by atoms with E-state index in [2.05, 4.69) is 14.7 Å². The summed E-state index contributed by atoms with van der Waals surface area (Å²) in [5.74, 6) is -0.336. The highest BCUT2D eigenvalue weighted by molar-refractivity contribution is 7.92. The van der Waals surface area contributed by atoms with E-state index in [0.717, 1.165) is 15.1 Å². The molecular weight excluding hydrogens is 460 g/mol. The van der Waals surface area contributed by atoms with Crippen molar-refractivity contribution in [1.29, 1.82) is 0 Å². The predicted molar refractivity (Wildman–Crippen MR) is 118 cm³/mol. The standard InChI is InChI=1S/C20H17ClN4O4S2/c1-13-3-7-15(8-4-13)30(26,27)24-20-22-18(21)17-11-12-25(19(17)23-20)31(28,29)16-9-5-14(2)6-10-16/h3-12H,1-2H3,(H,22,23,24). The number of hydrogen-bond acceptors (Lipinski definition) is 6. The average molecular weight is 477 g/mol. The van der Waals surface area contributed by atoms with Gasteiger partial charge in [-0.15, -0.1) is 0 Å². The molecule has 4 rings (SSSR count). The second kappa shape index (κ2) is 7.63. The highest BCUT2D eigenvalue weighted by Crippen LogP contribution is 2.27. The van der Waals surface area contributed by atoms with Crippen molar-refractivity contribution in [2.24, 2.45) is 0 Å². The van der Waals surface area contributed by atoms with Crippen LogP contribution in [0, 0.1) is 13.8 Å². The Balaban J connectivity index is 1.80. The van der Waals surface area contributed by atoms with Crippen LogP contribution >= 0.6 is 11.6 Å². The molecule has 4 aromatic rings. The third-order valence-electron chi connectivity index (χ3n) is 4.60. The van der Waals surface area contributed by atoms with E-state index in [9.17, 15) is 16.8 Å². The number of halogens is 1. The lowest BCUT2D eigenvalue weighted by Gasteiger charge is -2.10. The van der Waals surface area contributed by atoms with Crippen LogP contribution in [0.1, 0.15) is 11.1 Å². The third kappa shape index (κ3) is 4.01. The molecule has 0 aliphatic heterocycles.